The number of benzene rings is 1. The average molecular weight is 334 g/mol. The molecule has 0 radical (unpaired) electrons. The summed E-state index contributed by atoms with van der Waals surface area (Å²) in [6.45, 7) is 10.1. The van der Waals surface area contributed by atoms with Gasteiger partial charge < -0.3 is 15.5 Å². The zero-order chi connectivity index (χ0) is 17.0. The second-order valence-electron chi connectivity index (χ2n) is 7.37. The van der Waals surface area contributed by atoms with Gasteiger partial charge in [-0.3, -0.25) is 4.79 Å². The summed E-state index contributed by atoms with van der Waals surface area (Å²) >= 11 is 5.20. The zero-order valence-corrected chi connectivity index (χ0v) is 15.3. The highest BCUT2D eigenvalue weighted by Crippen LogP contribution is 2.24. The van der Waals surface area contributed by atoms with Crippen molar-refractivity contribution in [2.45, 2.75) is 40.5 Å². The molecule has 0 saturated carbocycles. The van der Waals surface area contributed by atoms with Crippen LogP contribution < -0.4 is 15.5 Å². The third kappa shape index (κ3) is 5.20. The van der Waals surface area contributed by atoms with E-state index in [0.717, 1.165) is 24.7 Å². The number of anilines is 2. The van der Waals surface area contributed by atoms with E-state index in [-0.39, 0.29) is 5.91 Å². The van der Waals surface area contributed by atoms with Gasteiger partial charge in [0.25, 0.3) is 0 Å². The fourth-order valence-electron chi connectivity index (χ4n) is 2.48. The van der Waals surface area contributed by atoms with Crippen LogP contribution in [-0.4, -0.2) is 24.1 Å². The Morgan fingerprint density at radius 2 is 1.74 bits per heavy atom. The first-order valence-corrected chi connectivity index (χ1v) is 8.64. The predicted octanol–water partition coefficient (Wildman–Crippen LogP) is 3.78. The standard InChI is InChI=1S/C18H27N3OS/c1-13-9-11-21(12-10-13)15-7-5-14(6-8-15)19-17(23)20-16(22)18(2,3)4/h5-8,13H,9-12H2,1-4H3,(H2,19,20,22,23). The predicted molar refractivity (Wildman–Crippen MR) is 101 cm³/mol. The summed E-state index contributed by atoms with van der Waals surface area (Å²) in [5.41, 5.74) is 1.67. The molecule has 1 heterocycles. The quantitative estimate of drug-likeness (QED) is 0.809. The summed E-state index contributed by atoms with van der Waals surface area (Å²) in [6.07, 6.45) is 2.51. The Morgan fingerprint density at radius 3 is 2.26 bits per heavy atom. The van der Waals surface area contributed by atoms with E-state index in [1.807, 2.05) is 32.9 Å². The highest BCUT2D eigenvalue weighted by atomic mass is 32.1. The number of carbonyl (C=O) groups is 1. The van der Waals surface area contributed by atoms with E-state index >= 15 is 0 Å². The topological polar surface area (TPSA) is 44.4 Å². The molecule has 0 bridgehead atoms. The summed E-state index contributed by atoms with van der Waals surface area (Å²) in [5.74, 6) is 0.741. The molecular weight excluding hydrogens is 306 g/mol. The summed E-state index contributed by atoms with van der Waals surface area (Å²) in [4.78, 5) is 14.3. The SMILES string of the molecule is CC1CCN(c2ccc(NC(=S)NC(=O)C(C)(C)C)cc2)CC1. The minimum Gasteiger partial charge on any atom is -0.372 e. The van der Waals surface area contributed by atoms with Crippen molar-refractivity contribution in [3.05, 3.63) is 24.3 Å². The third-order valence-corrected chi connectivity index (χ3v) is 4.39. The van der Waals surface area contributed by atoms with Crippen LogP contribution in [-0.2, 0) is 4.79 Å². The number of rotatable bonds is 2. The number of hydrogen-bond donors (Lipinski definition) is 2. The molecule has 2 N–H and O–H groups in total. The molecule has 1 saturated heterocycles. The van der Waals surface area contributed by atoms with Crippen molar-refractivity contribution < 1.29 is 4.79 Å². The molecule has 0 atom stereocenters. The highest BCUT2D eigenvalue weighted by molar-refractivity contribution is 7.80. The van der Waals surface area contributed by atoms with Gasteiger partial charge in [-0.25, -0.2) is 0 Å². The van der Waals surface area contributed by atoms with Gasteiger partial charge in [0.2, 0.25) is 5.91 Å². The van der Waals surface area contributed by atoms with Crippen LogP contribution in [0.2, 0.25) is 0 Å². The van der Waals surface area contributed by atoms with E-state index in [9.17, 15) is 4.79 Å². The molecule has 0 unspecified atom stereocenters. The molecule has 126 valence electrons. The highest BCUT2D eigenvalue weighted by Gasteiger charge is 2.22. The average Bonchev–Trinajstić information content (AvgIpc) is 2.48. The normalized spacial score (nSPS) is 16.1. The molecule has 0 spiro atoms. The largest absolute Gasteiger partial charge is 0.372 e. The van der Waals surface area contributed by atoms with E-state index < -0.39 is 5.41 Å². The van der Waals surface area contributed by atoms with Crippen molar-refractivity contribution >= 4 is 34.6 Å². The molecule has 5 heteroatoms. The van der Waals surface area contributed by atoms with Gasteiger partial charge in [-0.2, -0.15) is 0 Å². The molecule has 0 aliphatic carbocycles. The molecule has 4 nitrogen and oxygen atoms in total. The fourth-order valence-corrected chi connectivity index (χ4v) is 2.69. The first kappa shape index (κ1) is 17.7. The summed E-state index contributed by atoms with van der Waals surface area (Å²) in [5, 5.41) is 6.12. The van der Waals surface area contributed by atoms with Crippen molar-refractivity contribution in [1.29, 1.82) is 0 Å². The van der Waals surface area contributed by atoms with Crippen molar-refractivity contribution in [3.8, 4) is 0 Å². The molecule has 23 heavy (non-hydrogen) atoms. The van der Waals surface area contributed by atoms with E-state index in [4.69, 9.17) is 12.2 Å². The van der Waals surface area contributed by atoms with Gasteiger partial charge in [0.15, 0.2) is 5.11 Å². The van der Waals surface area contributed by atoms with Crippen LogP contribution in [0.1, 0.15) is 40.5 Å². The Kier molecular flexibility index (Phi) is 5.63. The Bertz CT molecular complexity index is 555. The first-order chi connectivity index (χ1) is 10.8. The van der Waals surface area contributed by atoms with E-state index in [1.165, 1.54) is 18.5 Å². The van der Waals surface area contributed by atoms with Crippen LogP contribution in [0.3, 0.4) is 0 Å². The summed E-state index contributed by atoms with van der Waals surface area (Å²) in [6, 6.07) is 8.21. The molecule has 2 rings (SSSR count). The number of thiocarbonyl (C=S) groups is 1. The molecule has 1 aromatic carbocycles. The van der Waals surface area contributed by atoms with E-state index in [1.54, 1.807) is 0 Å². The lowest BCUT2D eigenvalue weighted by Crippen LogP contribution is -2.41. The van der Waals surface area contributed by atoms with Gasteiger partial charge in [-0.05, 0) is 55.2 Å². The molecular formula is C18H27N3OS. The van der Waals surface area contributed by atoms with E-state index in [0.29, 0.717) is 5.11 Å². The number of nitrogens with one attached hydrogen (secondary N) is 2. The van der Waals surface area contributed by atoms with Crippen LogP contribution in [0, 0.1) is 11.3 Å². The lowest BCUT2D eigenvalue weighted by atomic mass is 9.96. The second kappa shape index (κ2) is 7.30. The van der Waals surface area contributed by atoms with Crippen molar-refractivity contribution in [2.24, 2.45) is 11.3 Å². The Morgan fingerprint density at radius 1 is 1.17 bits per heavy atom. The number of hydrogen-bond acceptors (Lipinski definition) is 3. The van der Waals surface area contributed by atoms with Crippen LogP contribution in [0.25, 0.3) is 0 Å². The van der Waals surface area contributed by atoms with Crippen molar-refractivity contribution in [2.75, 3.05) is 23.3 Å². The van der Waals surface area contributed by atoms with Gasteiger partial charge in [0.1, 0.15) is 0 Å². The lowest BCUT2D eigenvalue weighted by Gasteiger charge is -2.32. The Balaban J connectivity index is 1.90. The number of nitrogens with zero attached hydrogens (tertiary/aromatic N) is 1. The van der Waals surface area contributed by atoms with Crippen molar-refractivity contribution in [1.82, 2.24) is 5.32 Å². The Labute approximate surface area is 144 Å². The molecule has 1 aliphatic rings. The molecule has 1 aromatic rings. The molecule has 1 aliphatic heterocycles. The number of carbonyl (C=O) groups excluding carboxylic acids is 1. The smallest absolute Gasteiger partial charge is 0.231 e. The summed E-state index contributed by atoms with van der Waals surface area (Å²) < 4.78 is 0. The van der Waals surface area contributed by atoms with Gasteiger partial charge >= 0.3 is 0 Å². The van der Waals surface area contributed by atoms with E-state index in [2.05, 4.69) is 34.6 Å². The van der Waals surface area contributed by atoms with Crippen molar-refractivity contribution in [3.63, 3.8) is 0 Å². The monoisotopic (exact) mass is 333 g/mol. The van der Waals surface area contributed by atoms with Gasteiger partial charge in [-0.15, -0.1) is 0 Å². The van der Waals surface area contributed by atoms with Crippen LogP contribution in [0.5, 0.6) is 0 Å². The second-order valence-corrected chi connectivity index (χ2v) is 7.78. The number of amides is 1. The van der Waals surface area contributed by atoms with Gasteiger partial charge in [0.05, 0.1) is 0 Å². The van der Waals surface area contributed by atoms with Crippen LogP contribution >= 0.6 is 12.2 Å². The number of piperidine rings is 1. The maximum absolute atomic E-state index is 11.9. The molecule has 1 amide bonds. The first-order valence-electron chi connectivity index (χ1n) is 8.23. The maximum atomic E-state index is 11.9. The molecule has 1 fully saturated rings. The minimum atomic E-state index is -0.457. The van der Waals surface area contributed by atoms with Gasteiger partial charge in [0, 0.05) is 29.9 Å². The van der Waals surface area contributed by atoms with Crippen LogP contribution in [0.15, 0.2) is 24.3 Å². The van der Waals surface area contributed by atoms with Crippen LogP contribution in [0.4, 0.5) is 11.4 Å². The lowest BCUT2D eigenvalue weighted by molar-refractivity contribution is -0.126. The van der Waals surface area contributed by atoms with Gasteiger partial charge in [-0.1, -0.05) is 27.7 Å². The zero-order valence-electron chi connectivity index (χ0n) is 14.5. The maximum Gasteiger partial charge on any atom is 0.231 e. The third-order valence-electron chi connectivity index (χ3n) is 4.18. The fraction of sp³-hybridized carbons (Fsp3) is 0.556. The summed E-state index contributed by atoms with van der Waals surface area (Å²) in [7, 11) is 0. The molecule has 0 aromatic heterocycles. The Hall–Kier alpha value is -1.62. The minimum absolute atomic E-state index is 0.0888.